The Morgan fingerprint density at radius 1 is 1.22 bits per heavy atom. The first-order valence-corrected chi connectivity index (χ1v) is 3.84. The summed E-state index contributed by atoms with van der Waals surface area (Å²) in [6.45, 7) is 1.66. The van der Waals surface area contributed by atoms with Gasteiger partial charge < -0.3 is 9.84 Å². The van der Waals surface area contributed by atoms with Gasteiger partial charge in [0.1, 0.15) is 0 Å². The molecule has 0 aliphatic heterocycles. The van der Waals surface area contributed by atoms with Crippen molar-refractivity contribution in [3.63, 3.8) is 0 Å². The second-order valence-corrected chi connectivity index (χ2v) is 2.21. The highest BCUT2D eigenvalue weighted by Crippen LogP contribution is 1.86. The Hall–Kier alpha value is 0.270. The average molecular weight is 150 g/mol. The quantitative estimate of drug-likeness (QED) is 0.431. The van der Waals surface area contributed by atoms with Gasteiger partial charge >= 0.3 is 0 Å². The van der Waals surface area contributed by atoms with Gasteiger partial charge in [0.05, 0.1) is 0 Å². The number of ether oxygens (including phenoxy) is 1. The lowest BCUT2D eigenvalue weighted by Gasteiger charge is -1.99. The van der Waals surface area contributed by atoms with E-state index >= 15 is 0 Å². The summed E-state index contributed by atoms with van der Waals surface area (Å²) < 4.78 is 5.11. The van der Waals surface area contributed by atoms with E-state index in [2.05, 4.69) is 12.6 Å². The number of hydrogen-bond acceptors (Lipinski definition) is 3. The van der Waals surface area contributed by atoms with Crippen molar-refractivity contribution in [3.8, 4) is 0 Å². The number of rotatable bonds is 6. The molecule has 0 fully saturated rings. The molecule has 0 aromatic heterocycles. The van der Waals surface area contributed by atoms with Crippen LogP contribution in [0.4, 0.5) is 0 Å². The van der Waals surface area contributed by atoms with Gasteiger partial charge in [-0.05, 0) is 18.6 Å². The van der Waals surface area contributed by atoms with E-state index in [4.69, 9.17) is 9.84 Å². The second-order valence-electron chi connectivity index (χ2n) is 1.77. The second kappa shape index (κ2) is 8.27. The van der Waals surface area contributed by atoms with Crippen LogP contribution in [0.3, 0.4) is 0 Å². The molecule has 0 spiro atoms. The van der Waals surface area contributed by atoms with Crippen molar-refractivity contribution in [2.45, 2.75) is 12.8 Å². The molecule has 0 unspecified atom stereocenters. The molecule has 0 aromatic carbocycles. The molecule has 9 heavy (non-hydrogen) atoms. The Kier molecular flexibility index (Phi) is 8.52. The minimum absolute atomic E-state index is 0.223. The van der Waals surface area contributed by atoms with Crippen LogP contribution in [0.2, 0.25) is 0 Å². The fourth-order valence-electron chi connectivity index (χ4n) is 0.435. The fraction of sp³-hybridized carbons (Fsp3) is 1.00. The number of aliphatic hydroxyl groups excluding tert-OH is 1. The smallest absolute Gasteiger partial charge is 0.0487 e. The van der Waals surface area contributed by atoms with Crippen molar-refractivity contribution < 1.29 is 9.84 Å². The van der Waals surface area contributed by atoms with Gasteiger partial charge in [0.2, 0.25) is 0 Å². The van der Waals surface area contributed by atoms with Crippen molar-refractivity contribution in [1.82, 2.24) is 0 Å². The van der Waals surface area contributed by atoms with Crippen LogP contribution in [0.25, 0.3) is 0 Å². The van der Waals surface area contributed by atoms with Gasteiger partial charge in [-0.25, -0.2) is 0 Å². The zero-order chi connectivity index (χ0) is 6.95. The maximum atomic E-state index is 8.33. The Labute approximate surface area is 61.6 Å². The molecule has 0 aromatic rings. The molecule has 0 saturated heterocycles. The minimum atomic E-state index is 0.223. The van der Waals surface area contributed by atoms with Gasteiger partial charge in [0.25, 0.3) is 0 Å². The zero-order valence-corrected chi connectivity index (χ0v) is 6.44. The topological polar surface area (TPSA) is 29.5 Å². The molecule has 0 heterocycles. The van der Waals surface area contributed by atoms with Gasteiger partial charge in [-0.15, -0.1) is 0 Å². The molecule has 0 saturated carbocycles. The number of aliphatic hydroxyl groups is 1. The molecule has 3 heteroatoms. The van der Waals surface area contributed by atoms with E-state index in [1.807, 2.05) is 0 Å². The highest BCUT2D eigenvalue weighted by molar-refractivity contribution is 7.80. The Morgan fingerprint density at radius 2 is 1.89 bits per heavy atom. The maximum absolute atomic E-state index is 8.33. The molecule has 0 aliphatic carbocycles. The third-order valence-corrected chi connectivity index (χ3v) is 1.21. The molecule has 0 aliphatic rings. The molecule has 0 radical (unpaired) electrons. The van der Waals surface area contributed by atoms with Gasteiger partial charge in [-0.2, -0.15) is 12.6 Å². The molecule has 0 amide bonds. The minimum Gasteiger partial charge on any atom is -0.396 e. The largest absolute Gasteiger partial charge is 0.396 e. The number of thiol groups is 1. The average Bonchev–Trinajstić information content (AvgIpc) is 1.89. The summed E-state index contributed by atoms with van der Waals surface area (Å²) in [5.74, 6) is 0.874. The first-order valence-electron chi connectivity index (χ1n) is 3.21. The van der Waals surface area contributed by atoms with E-state index in [1.54, 1.807) is 0 Å². The highest BCUT2D eigenvalue weighted by Gasteiger charge is 1.85. The van der Waals surface area contributed by atoms with Gasteiger partial charge in [-0.1, -0.05) is 0 Å². The van der Waals surface area contributed by atoms with Crippen molar-refractivity contribution in [2.75, 3.05) is 25.6 Å². The van der Waals surface area contributed by atoms with Gasteiger partial charge in [0.15, 0.2) is 0 Å². The summed E-state index contributed by atoms with van der Waals surface area (Å²) in [7, 11) is 0. The number of hydrogen-bond donors (Lipinski definition) is 2. The summed E-state index contributed by atoms with van der Waals surface area (Å²) >= 11 is 4.02. The van der Waals surface area contributed by atoms with Gasteiger partial charge in [-0.3, -0.25) is 0 Å². The lowest BCUT2D eigenvalue weighted by Crippen LogP contribution is -1.99. The zero-order valence-electron chi connectivity index (χ0n) is 5.55. The van der Waals surface area contributed by atoms with Crippen LogP contribution in [-0.4, -0.2) is 30.7 Å². The van der Waals surface area contributed by atoms with E-state index in [0.29, 0.717) is 6.61 Å². The van der Waals surface area contributed by atoms with Crippen LogP contribution in [0.1, 0.15) is 12.8 Å². The van der Waals surface area contributed by atoms with Crippen LogP contribution < -0.4 is 0 Å². The Balaban J connectivity index is 2.60. The standard InChI is InChI=1S/C6H14O2S/c7-3-1-4-8-5-2-6-9/h7,9H,1-6H2. The van der Waals surface area contributed by atoms with Crippen molar-refractivity contribution in [3.05, 3.63) is 0 Å². The van der Waals surface area contributed by atoms with Gasteiger partial charge in [0, 0.05) is 19.8 Å². The van der Waals surface area contributed by atoms with Crippen LogP contribution >= 0.6 is 12.6 Å². The van der Waals surface area contributed by atoms with E-state index in [0.717, 1.165) is 25.2 Å². The van der Waals surface area contributed by atoms with Crippen LogP contribution in [-0.2, 0) is 4.74 Å². The molecular formula is C6H14O2S. The first-order chi connectivity index (χ1) is 4.41. The molecule has 0 atom stereocenters. The molecule has 0 bridgehead atoms. The molecule has 0 rings (SSSR count). The molecule has 2 nitrogen and oxygen atoms in total. The van der Waals surface area contributed by atoms with Crippen molar-refractivity contribution in [2.24, 2.45) is 0 Å². The third-order valence-electron chi connectivity index (χ3n) is 0.894. The summed E-state index contributed by atoms with van der Waals surface area (Å²) in [6, 6.07) is 0. The fourth-order valence-corrected chi connectivity index (χ4v) is 0.564. The monoisotopic (exact) mass is 150 g/mol. The van der Waals surface area contributed by atoms with Crippen LogP contribution in [0.15, 0.2) is 0 Å². The Morgan fingerprint density at radius 3 is 2.44 bits per heavy atom. The molecule has 1 N–H and O–H groups in total. The lowest BCUT2D eigenvalue weighted by molar-refractivity contribution is 0.117. The van der Waals surface area contributed by atoms with E-state index in [1.165, 1.54) is 0 Å². The predicted molar refractivity (Wildman–Crippen MR) is 41.0 cm³/mol. The SMILES string of the molecule is OCCCOCCCS. The van der Waals surface area contributed by atoms with Crippen LogP contribution in [0.5, 0.6) is 0 Å². The van der Waals surface area contributed by atoms with Crippen molar-refractivity contribution >= 4 is 12.6 Å². The van der Waals surface area contributed by atoms with Crippen molar-refractivity contribution in [1.29, 1.82) is 0 Å². The van der Waals surface area contributed by atoms with E-state index < -0.39 is 0 Å². The summed E-state index contributed by atoms with van der Waals surface area (Å²) in [6.07, 6.45) is 1.74. The normalized spacial score (nSPS) is 10.0. The summed E-state index contributed by atoms with van der Waals surface area (Å²) in [5.41, 5.74) is 0. The molecule has 56 valence electrons. The van der Waals surface area contributed by atoms with E-state index in [-0.39, 0.29) is 6.61 Å². The first kappa shape index (κ1) is 9.27. The third kappa shape index (κ3) is 8.27. The van der Waals surface area contributed by atoms with E-state index in [9.17, 15) is 0 Å². The Bertz CT molecular complexity index is 44.3. The summed E-state index contributed by atoms with van der Waals surface area (Å²) in [5, 5.41) is 8.33. The highest BCUT2D eigenvalue weighted by atomic mass is 32.1. The predicted octanol–water partition coefficient (Wildman–Crippen LogP) is 0.705. The molecular weight excluding hydrogens is 136 g/mol. The summed E-state index contributed by atoms with van der Waals surface area (Å²) in [4.78, 5) is 0. The lowest BCUT2D eigenvalue weighted by atomic mass is 10.5. The van der Waals surface area contributed by atoms with Crippen LogP contribution in [0, 0.1) is 0 Å². The maximum Gasteiger partial charge on any atom is 0.0487 e.